The highest BCUT2D eigenvalue weighted by Crippen LogP contribution is 2.37. The zero-order chi connectivity index (χ0) is 26.4. The Hall–Kier alpha value is -4.29. The van der Waals surface area contributed by atoms with E-state index in [0.717, 1.165) is 34.2 Å². The van der Waals surface area contributed by atoms with Crippen molar-refractivity contribution >= 4 is 37.8 Å². The minimum Gasteiger partial charge on any atom is -0.496 e. The number of benzene rings is 1. The molecule has 1 aromatic carbocycles. The summed E-state index contributed by atoms with van der Waals surface area (Å²) in [5.74, 6) is 1.76. The molecule has 0 aliphatic heterocycles. The Balaban J connectivity index is 1.27. The van der Waals surface area contributed by atoms with Gasteiger partial charge >= 0.3 is 0 Å². The van der Waals surface area contributed by atoms with Gasteiger partial charge in [-0.2, -0.15) is 5.10 Å². The summed E-state index contributed by atoms with van der Waals surface area (Å²) >= 11 is 1.43. The zero-order valence-electron chi connectivity index (χ0n) is 20.6. The number of methoxy groups -OCH3 is 1. The molecule has 0 atom stereocenters. The van der Waals surface area contributed by atoms with Gasteiger partial charge in [0.25, 0.3) is 0 Å². The number of rotatable bonds is 7. The van der Waals surface area contributed by atoms with Crippen molar-refractivity contribution in [3.05, 3.63) is 71.6 Å². The fourth-order valence-electron chi connectivity index (χ4n) is 3.93. The van der Waals surface area contributed by atoms with Crippen molar-refractivity contribution in [2.75, 3.05) is 13.4 Å². The number of hydrogen-bond donors (Lipinski definition) is 0. The van der Waals surface area contributed by atoms with E-state index in [9.17, 15) is 8.42 Å². The molecule has 6 rings (SSSR count). The lowest BCUT2D eigenvalue weighted by Gasteiger charge is -2.08. The number of furan rings is 1. The number of fused-ring (bicyclic) bond motifs is 2. The predicted molar refractivity (Wildman–Crippen MR) is 142 cm³/mol. The Kier molecular flexibility index (Phi) is 5.84. The minimum absolute atomic E-state index is 0.0258. The molecule has 0 fully saturated rings. The van der Waals surface area contributed by atoms with Crippen LogP contribution in [0, 0.1) is 6.92 Å². The van der Waals surface area contributed by atoms with Crippen LogP contribution in [0.25, 0.3) is 38.6 Å². The van der Waals surface area contributed by atoms with Gasteiger partial charge in [0, 0.05) is 35.5 Å². The second-order valence-electron chi connectivity index (χ2n) is 8.64. The summed E-state index contributed by atoms with van der Waals surface area (Å²) < 4.78 is 42.8. The minimum atomic E-state index is -3.36. The summed E-state index contributed by atoms with van der Waals surface area (Å²) in [7, 11) is -1.77. The van der Waals surface area contributed by atoms with Gasteiger partial charge in [0.2, 0.25) is 0 Å². The molecule has 0 amide bonds. The lowest BCUT2D eigenvalue weighted by Crippen LogP contribution is -2.00. The molecule has 38 heavy (non-hydrogen) atoms. The summed E-state index contributed by atoms with van der Waals surface area (Å²) in [4.78, 5) is 13.3. The number of aryl methyl sites for hydroxylation is 1. The van der Waals surface area contributed by atoms with Gasteiger partial charge in [-0.3, -0.25) is 0 Å². The van der Waals surface area contributed by atoms with E-state index in [0.29, 0.717) is 33.5 Å². The number of thiazole rings is 1. The van der Waals surface area contributed by atoms with E-state index < -0.39 is 9.84 Å². The first-order valence-electron chi connectivity index (χ1n) is 11.5. The van der Waals surface area contributed by atoms with Crippen LogP contribution in [-0.2, 0) is 16.4 Å². The van der Waals surface area contributed by atoms with E-state index in [-0.39, 0.29) is 11.6 Å². The van der Waals surface area contributed by atoms with Crippen LogP contribution in [0.4, 0.5) is 0 Å². The number of pyridine rings is 1. The average Bonchev–Trinajstić information content (AvgIpc) is 3.64. The Morgan fingerprint density at radius 1 is 1.11 bits per heavy atom. The number of nitrogens with zero attached hydrogens (tertiary/aromatic N) is 5. The normalized spacial score (nSPS) is 11.9. The van der Waals surface area contributed by atoms with E-state index in [1.54, 1.807) is 29.8 Å². The van der Waals surface area contributed by atoms with Crippen LogP contribution in [0.2, 0.25) is 0 Å². The molecule has 6 aromatic rings. The first-order valence-corrected chi connectivity index (χ1v) is 14.2. The van der Waals surface area contributed by atoms with Crippen LogP contribution in [0.3, 0.4) is 0 Å². The second kappa shape index (κ2) is 9.23. The second-order valence-corrected chi connectivity index (χ2v) is 11.5. The van der Waals surface area contributed by atoms with E-state index >= 15 is 0 Å². The molecule has 10 nitrogen and oxygen atoms in total. The Morgan fingerprint density at radius 2 is 1.97 bits per heavy atom. The van der Waals surface area contributed by atoms with E-state index in [4.69, 9.17) is 13.9 Å². The topological polar surface area (TPSA) is 122 Å². The zero-order valence-corrected chi connectivity index (χ0v) is 22.2. The molecule has 0 aliphatic rings. The van der Waals surface area contributed by atoms with Crippen molar-refractivity contribution in [1.82, 2.24) is 24.6 Å². The average molecular weight is 548 g/mol. The lowest BCUT2D eigenvalue weighted by molar-refractivity contribution is 0.303. The van der Waals surface area contributed by atoms with Gasteiger partial charge in [-0.1, -0.05) is 0 Å². The molecule has 0 unspecified atom stereocenters. The van der Waals surface area contributed by atoms with Crippen LogP contribution in [-0.4, -0.2) is 46.3 Å². The molecule has 12 heteroatoms. The maximum atomic E-state index is 11.7. The van der Waals surface area contributed by atoms with Gasteiger partial charge in [-0.05, 0) is 37.3 Å². The molecule has 0 saturated heterocycles. The standard InChI is InChI=1S/C26H21N5O5S2/c1-15-4-6-24-29-20(12-31(24)30-15)23-10-19-21(8-18(34-2)9-22(19)36-23)35-13-17-14-37-26(28-17)16-5-7-25(27-11-16)38(3,32)33/h4-12,14H,13H2,1-3H3. The molecule has 0 bridgehead atoms. The maximum Gasteiger partial charge on any atom is 0.192 e. The molecular formula is C26H21N5O5S2. The summed E-state index contributed by atoms with van der Waals surface area (Å²) in [5, 5.41) is 7.86. The Morgan fingerprint density at radius 3 is 2.74 bits per heavy atom. The molecule has 5 aromatic heterocycles. The number of imidazole rings is 1. The molecule has 0 aliphatic carbocycles. The van der Waals surface area contributed by atoms with Gasteiger partial charge in [0.05, 0.1) is 30.1 Å². The molecule has 0 saturated carbocycles. The summed E-state index contributed by atoms with van der Waals surface area (Å²) in [6.45, 7) is 2.14. The van der Waals surface area contributed by atoms with Crippen molar-refractivity contribution in [3.63, 3.8) is 0 Å². The third-order valence-electron chi connectivity index (χ3n) is 5.80. The van der Waals surface area contributed by atoms with Crippen LogP contribution in [0.1, 0.15) is 11.4 Å². The number of aromatic nitrogens is 5. The first-order chi connectivity index (χ1) is 18.3. The van der Waals surface area contributed by atoms with Crippen molar-refractivity contribution in [1.29, 1.82) is 0 Å². The number of sulfone groups is 1. The third kappa shape index (κ3) is 4.59. The molecule has 5 heterocycles. The van der Waals surface area contributed by atoms with Crippen LogP contribution in [0.5, 0.6) is 11.5 Å². The van der Waals surface area contributed by atoms with E-state index in [2.05, 4.69) is 20.1 Å². The van der Waals surface area contributed by atoms with Gasteiger partial charge in [-0.15, -0.1) is 11.3 Å². The highest BCUT2D eigenvalue weighted by atomic mass is 32.2. The summed E-state index contributed by atoms with van der Waals surface area (Å²) in [5.41, 5.74) is 4.32. The van der Waals surface area contributed by atoms with Crippen LogP contribution < -0.4 is 9.47 Å². The predicted octanol–water partition coefficient (Wildman–Crippen LogP) is 4.96. The molecular weight excluding hydrogens is 526 g/mol. The van der Waals surface area contributed by atoms with Gasteiger partial charge < -0.3 is 13.9 Å². The third-order valence-corrected chi connectivity index (χ3v) is 7.75. The summed E-state index contributed by atoms with van der Waals surface area (Å²) in [6, 6.07) is 12.5. The SMILES string of the molecule is COc1cc(OCc2csc(-c3ccc(S(C)(=O)=O)nc3)n2)c2cc(-c3cn4nc(C)ccc4n3)oc2c1. The molecule has 0 N–H and O–H groups in total. The Bertz CT molecular complexity index is 1910. The fourth-order valence-corrected chi connectivity index (χ4v) is 5.28. The van der Waals surface area contributed by atoms with Gasteiger partial charge in [-0.25, -0.2) is 27.9 Å². The fraction of sp³-hybridized carbons (Fsp3) is 0.154. The van der Waals surface area contributed by atoms with Gasteiger partial charge in [0.15, 0.2) is 26.3 Å². The lowest BCUT2D eigenvalue weighted by atomic mass is 10.2. The summed E-state index contributed by atoms with van der Waals surface area (Å²) in [6.07, 6.45) is 4.46. The van der Waals surface area contributed by atoms with Gasteiger partial charge in [0.1, 0.15) is 34.4 Å². The number of ether oxygens (including phenoxy) is 2. The van der Waals surface area contributed by atoms with Crippen LogP contribution in [0.15, 0.2) is 69.7 Å². The quantitative estimate of drug-likeness (QED) is 0.273. The van der Waals surface area contributed by atoms with Crippen molar-refractivity contribution in [2.45, 2.75) is 18.6 Å². The van der Waals surface area contributed by atoms with Crippen molar-refractivity contribution in [2.24, 2.45) is 0 Å². The highest BCUT2D eigenvalue weighted by molar-refractivity contribution is 7.90. The first kappa shape index (κ1) is 24.1. The Labute approximate surface area is 221 Å². The molecule has 0 radical (unpaired) electrons. The highest BCUT2D eigenvalue weighted by Gasteiger charge is 2.17. The van der Waals surface area contributed by atoms with Crippen LogP contribution >= 0.6 is 11.3 Å². The smallest absolute Gasteiger partial charge is 0.192 e. The number of hydrogen-bond acceptors (Lipinski definition) is 10. The van der Waals surface area contributed by atoms with Crippen molar-refractivity contribution in [3.8, 4) is 33.5 Å². The van der Waals surface area contributed by atoms with E-state index in [1.165, 1.54) is 23.6 Å². The van der Waals surface area contributed by atoms with E-state index in [1.807, 2.05) is 36.7 Å². The molecule has 192 valence electrons. The maximum absolute atomic E-state index is 11.7. The molecule has 0 spiro atoms. The largest absolute Gasteiger partial charge is 0.496 e. The monoisotopic (exact) mass is 547 g/mol. The van der Waals surface area contributed by atoms with Crippen molar-refractivity contribution < 1.29 is 22.3 Å².